The highest BCUT2D eigenvalue weighted by atomic mass is 16.5. The molecule has 3 rings (SSSR count). The Labute approximate surface area is 156 Å². The zero-order valence-corrected chi connectivity index (χ0v) is 15.6. The van der Waals surface area contributed by atoms with Crippen molar-refractivity contribution >= 4 is 0 Å². The fourth-order valence-electron chi connectivity index (χ4n) is 3.09. The summed E-state index contributed by atoms with van der Waals surface area (Å²) in [5.74, 6) is 1.85. The molecule has 1 aliphatic rings. The summed E-state index contributed by atoms with van der Waals surface area (Å²) in [5.41, 5.74) is 1.21. The molecule has 1 atom stereocenters. The second-order valence-electron chi connectivity index (χ2n) is 6.74. The van der Waals surface area contributed by atoms with Gasteiger partial charge in [-0.25, -0.2) is 0 Å². The van der Waals surface area contributed by atoms with E-state index in [9.17, 15) is 0 Å². The van der Waals surface area contributed by atoms with Gasteiger partial charge in [0.25, 0.3) is 0 Å². The summed E-state index contributed by atoms with van der Waals surface area (Å²) in [5, 5.41) is 4.80. The van der Waals surface area contributed by atoms with Crippen molar-refractivity contribution in [3.8, 4) is 11.5 Å². The molecule has 0 bridgehead atoms. The summed E-state index contributed by atoms with van der Waals surface area (Å²) in [7, 11) is 0. The highest BCUT2D eigenvalue weighted by molar-refractivity contribution is 5.30. The Hall–Kier alpha value is -2.36. The molecule has 1 saturated heterocycles. The monoisotopic (exact) mass is 353 g/mol. The van der Waals surface area contributed by atoms with Crippen molar-refractivity contribution in [3.63, 3.8) is 0 Å². The van der Waals surface area contributed by atoms with Crippen LogP contribution in [0.3, 0.4) is 0 Å². The molecule has 2 aromatic rings. The summed E-state index contributed by atoms with van der Waals surface area (Å²) in [6.07, 6.45) is 4.47. The van der Waals surface area contributed by atoms with Gasteiger partial charge in [-0.2, -0.15) is 0 Å². The summed E-state index contributed by atoms with van der Waals surface area (Å²) < 4.78 is 13.8. The van der Waals surface area contributed by atoms with E-state index in [2.05, 4.69) is 29.8 Å². The lowest BCUT2D eigenvalue weighted by molar-refractivity contribution is -0.578. The third-order valence-corrected chi connectivity index (χ3v) is 4.58. The van der Waals surface area contributed by atoms with Gasteiger partial charge in [-0.3, -0.25) is 0 Å². The van der Waals surface area contributed by atoms with Gasteiger partial charge in [-0.1, -0.05) is 30.3 Å². The number of benzene rings is 2. The first-order valence-corrected chi connectivity index (χ1v) is 9.67. The first kappa shape index (κ1) is 18.4. The maximum atomic E-state index is 5.91. The number of unbranched alkanes of at least 4 members (excludes halogenated alkanes) is 1. The fourth-order valence-corrected chi connectivity index (χ4v) is 3.09. The summed E-state index contributed by atoms with van der Waals surface area (Å²) >= 11 is 0. The van der Waals surface area contributed by atoms with E-state index in [0.717, 1.165) is 44.0 Å². The fraction of sp³-hybridized carbons (Fsp3) is 0.455. The van der Waals surface area contributed by atoms with E-state index in [1.54, 1.807) is 0 Å². The maximum Gasteiger partial charge on any atom is 0.168 e. The average Bonchev–Trinajstić information content (AvgIpc) is 3.18. The Bertz CT molecular complexity index is 692. The minimum atomic E-state index is 0.177. The van der Waals surface area contributed by atoms with Crippen LogP contribution in [-0.2, 0) is 0 Å². The molecule has 1 unspecified atom stereocenters. The molecule has 0 aliphatic carbocycles. The molecule has 0 aromatic heterocycles. The van der Waals surface area contributed by atoms with Crippen LogP contribution in [0.25, 0.3) is 0 Å². The first-order chi connectivity index (χ1) is 12.8. The van der Waals surface area contributed by atoms with Gasteiger partial charge in [0.05, 0.1) is 13.2 Å². The van der Waals surface area contributed by atoms with Crippen molar-refractivity contribution in [1.29, 1.82) is 0 Å². The van der Waals surface area contributed by atoms with Gasteiger partial charge >= 0.3 is 0 Å². The summed E-state index contributed by atoms with van der Waals surface area (Å²) in [6.45, 7) is 5.76. The third kappa shape index (κ3) is 5.87. The largest absolute Gasteiger partial charge is 0.494 e. The van der Waals surface area contributed by atoms with Crippen LogP contribution < -0.4 is 9.47 Å². The Balaban J connectivity index is 1.39. The molecule has 138 valence electrons. The lowest BCUT2D eigenvalue weighted by Gasteiger charge is -2.10. The Morgan fingerprint density at radius 3 is 2.27 bits per heavy atom. The van der Waals surface area contributed by atoms with Crippen molar-refractivity contribution in [1.82, 2.24) is 0 Å². The van der Waals surface area contributed by atoms with Gasteiger partial charge < -0.3 is 9.47 Å². The van der Waals surface area contributed by atoms with Crippen LogP contribution in [0.5, 0.6) is 11.5 Å². The Morgan fingerprint density at radius 2 is 1.54 bits per heavy atom. The topological polar surface area (TPSA) is 33.8 Å². The predicted molar refractivity (Wildman–Crippen MR) is 103 cm³/mol. The summed E-state index contributed by atoms with van der Waals surface area (Å²) in [4.78, 5) is 0. The molecule has 1 aliphatic heterocycles. The predicted octanol–water partition coefficient (Wildman–Crippen LogP) is 5.24. The van der Waals surface area contributed by atoms with Crippen LogP contribution in [0.4, 0.5) is 0 Å². The van der Waals surface area contributed by atoms with Gasteiger partial charge in [-0.15, -0.1) is 4.70 Å². The van der Waals surface area contributed by atoms with E-state index in [1.807, 2.05) is 36.4 Å². The lowest BCUT2D eigenvalue weighted by atomic mass is 10.1. The van der Waals surface area contributed by atoms with Crippen LogP contribution in [0.15, 0.2) is 59.7 Å². The molecule has 26 heavy (non-hydrogen) atoms. The number of hydrogen-bond acceptors (Lipinski definition) is 3. The number of ether oxygens (including phenoxy) is 2. The van der Waals surface area contributed by atoms with Crippen LogP contribution in [0, 0.1) is 0 Å². The molecule has 1 heterocycles. The SMILES string of the molecule is CC(N=[N+]1CCCC1)c1cccc(OCCCCOc2ccccc2)c1. The minimum absolute atomic E-state index is 0.177. The zero-order chi connectivity index (χ0) is 18.0. The number of azo groups is 2. The molecular formula is C22H29N2O2+. The quantitative estimate of drug-likeness (QED) is 0.456. The average molecular weight is 353 g/mol. The second-order valence-corrected chi connectivity index (χ2v) is 6.74. The van der Waals surface area contributed by atoms with Crippen LogP contribution in [-0.4, -0.2) is 31.0 Å². The third-order valence-electron chi connectivity index (χ3n) is 4.58. The minimum Gasteiger partial charge on any atom is -0.494 e. The van der Waals surface area contributed by atoms with E-state index >= 15 is 0 Å². The van der Waals surface area contributed by atoms with Gasteiger partial charge in [0.1, 0.15) is 17.5 Å². The van der Waals surface area contributed by atoms with E-state index in [0.29, 0.717) is 6.61 Å². The van der Waals surface area contributed by atoms with Gasteiger partial charge in [0.2, 0.25) is 0 Å². The molecule has 4 nitrogen and oxygen atoms in total. The molecule has 0 N–H and O–H groups in total. The molecule has 2 aromatic carbocycles. The number of nitrogens with zero attached hydrogens (tertiary/aromatic N) is 2. The van der Waals surface area contributed by atoms with Crippen LogP contribution >= 0.6 is 0 Å². The molecule has 1 fully saturated rings. The normalized spacial score (nSPS) is 14.9. The highest BCUT2D eigenvalue weighted by Crippen LogP contribution is 2.23. The van der Waals surface area contributed by atoms with Gasteiger partial charge in [-0.05, 0) is 54.7 Å². The van der Waals surface area contributed by atoms with E-state index in [-0.39, 0.29) is 6.04 Å². The van der Waals surface area contributed by atoms with Crippen molar-refractivity contribution < 1.29 is 14.2 Å². The maximum absolute atomic E-state index is 5.91. The van der Waals surface area contributed by atoms with E-state index < -0.39 is 0 Å². The zero-order valence-electron chi connectivity index (χ0n) is 15.6. The van der Waals surface area contributed by atoms with Crippen LogP contribution in [0.2, 0.25) is 0 Å². The standard InChI is InChI=1S/C22H29N2O2/c1-19(23-24-14-5-6-15-24)20-10-9-13-22(18-20)26-17-8-7-16-25-21-11-3-2-4-12-21/h2-4,9-13,18-19H,5-8,14-17H2,1H3/q+1. The van der Waals surface area contributed by atoms with Crippen LogP contribution in [0.1, 0.15) is 44.2 Å². The second kappa shape index (κ2) is 9.95. The Kier molecular flexibility index (Phi) is 7.05. The van der Waals surface area contributed by atoms with E-state index in [1.165, 1.54) is 18.4 Å². The molecule has 0 radical (unpaired) electrons. The van der Waals surface area contributed by atoms with Crippen molar-refractivity contribution in [2.24, 2.45) is 5.11 Å². The first-order valence-electron chi connectivity index (χ1n) is 9.67. The molecule has 0 spiro atoms. The molecule has 0 amide bonds. The van der Waals surface area contributed by atoms with Gasteiger partial charge in [0.15, 0.2) is 13.1 Å². The lowest BCUT2D eigenvalue weighted by Crippen LogP contribution is -2.06. The number of rotatable bonds is 9. The number of hydrogen-bond donors (Lipinski definition) is 0. The van der Waals surface area contributed by atoms with Crippen molar-refractivity contribution in [3.05, 3.63) is 60.2 Å². The smallest absolute Gasteiger partial charge is 0.168 e. The molecule has 4 heteroatoms. The molecular weight excluding hydrogens is 324 g/mol. The highest BCUT2D eigenvalue weighted by Gasteiger charge is 2.17. The van der Waals surface area contributed by atoms with Crippen molar-refractivity contribution in [2.45, 2.75) is 38.6 Å². The number of para-hydroxylation sites is 1. The van der Waals surface area contributed by atoms with Crippen molar-refractivity contribution in [2.75, 3.05) is 26.3 Å². The molecule has 0 saturated carbocycles. The Morgan fingerprint density at radius 1 is 0.885 bits per heavy atom. The van der Waals surface area contributed by atoms with Gasteiger partial charge in [0, 0.05) is 12.8 Å². The van der Waals surface area contributed by atoms with E-state index in [4.69, 9.17) is 14.6 Å². The summed E-state index contributed by atoms with van der Waals surface area (Å²) in [6, 6.07) is 18.4.